The monoisotopic (exact) mass is 374 g/mol. The highest BCUT2D eigenvalue weighted by Crippen LogP contribution is 2.36. The van der Waals surface area contributed by atoms with E-state index in [-0.39, 0.29) is 10.9 Å². The molecule has 0 spiro atoms. The van der Waals surface area contributed by atoms with Crippen LogP contribution in [0.25, 0.3) is 0 Å². The minimum absolute atomic E-state index is 0.154. The number of hydrogen-bond donors (Lipinski definition) is 1. The Morgan fingerprint density at radius 1 is 1.25 bits per heavy atom. The molecule has 1 aromatic rings. The van der Waals surface area contributed by atoms with E-state index in [9.17, 15) is 26.7 Å². The molecule has 0 fully saturated rings. The lowest BCUT2D eigenvalue weighted by atomic mass is 10.1. The minimum Gasteiger partial charge on any atom is -0.390 e. The van der Waals surface area contributed by atoms with Gasteiger partial charge in [-0.1, -0.05) is 15.9 Å². The fourth-order valence-electron chi connectivity index (χ4n) is 1.48. The SMILES string of the molecule is CC(C)(O)CCS(=O)(=O)c1cc(Br)ccc1C(F)(F)F. The smallest absolute Gasteiger partial charge is 0.390 e. The predicted octanol–water partition coefficient (Wildman–Crippen LogP) is 3.40. The van der Waals surface area contributed by atoms with Crippen LogP contribution in [0.15, 0.2) is 27.6 Å². The third kappa shape index (κ3) is 4.75. The Balaban J connectivity index is 3.27. The van der Waals surface area contributed by atoms with E-state index in [1.165, 1.54) is 13.8 Å². The van der Waals surface area contributed by atoms with Gasteiger partial charge in [0.15, 0.2) is 9.84 Å². The normalized spacial score (nSPS) is 13.6. The zero-order valence-corrected chi connectivity index (χ0v) is 13.2. The fraction of sp³-hybridized carbons (Fsp3) is 0.500. The van der Waals surface area contributed by atoms with Crippen LogP contribution in [0.4, 0.5) is 13.2 Å². The van der Waals surface area contributed by atoms with Gasteiger partial charge in [0.2, 0.25) is 0 Å². The second kappa shape index (κ2) is 5.65. The molecule has 0 saturated carbocycles. The van der Waals surface area contributed by atoms with Gasteiger partial charge in [-0.25, -0.2) is 8.42 Å². The van der Waals surface area contributed by atoms with Crippen LogP contribution in [-0.4, -0.2) is 24.9 Å². The zero-order valence-electron chi connectivity index (χ0n) is 10.8. The van der Waals surface area contributed by atoms with Crippen LogP contribution in [-0.2, 0) is 16.0 Å². The molecule has 0 aliphatic rings. The first-order valence-electron chi connectivity index (χ1n) is 5.65. The third-order valence-corrected chi connectivity index (χ3v) is 4.81. The van der Waals surface area contributed by atoms with Gasteiger partial charge in [0.1, 0.15) is 0 Å². The predicted molar refractivity (Wildman–Crippen MR) is 72.1 cm³/mol. The van der Waals surface area contributed by atoms with Crippen LogP contribution >= 0.6 is 15.9 Å². The van der Waals surface area contributed by atoms with Crippen molar-refractivity contribution in [1.29, 1.82) is 0 Å². The molecule has 8 heteroatoms. The first kappa shape index (κ1) is 17.5. The number of sulfone groups is 1. The zero-order chi connectivity index (χ0) is 15.8. The summed E-state index contributed by atoms with van der Waals surface area (Å²) in [6.07, 6.45) is -4.91. The summed E-state index contributed by atoms with van der Waals surface area (Å²) in [5.74, 6) is -0.559. The lowest BCUT2D eigenvalue weighted by molar-refractivity contribution is -0.139. The number of hydrogen-bond acceptors (Lipinski definition) is 3. The number of aliphatic hydroxyl groups is 1. The molecule has 0 amide bonds. The van der Waals surface area contributed by atoms with Gasteiger partial charge in [-0.05, 0) is 38.5 Å². The Hall–Kier alpha value is -0.600. The summed E-state index contributed by atoms with van der Waals surface area (Å²) in [6.45, 7) is 2.79. The molecule has 1 rings (SSSR count). The molecule has 0 bridgehead atoms. The molecule has 3 nitrogen and oxygen atoms in total. The van der Waals surface area contributed by atoms with Crippen molar-refractivity contribution >= 4 is 25.8 Å². The van der Waals surface area contributed by atoms with E-state index in [4.69, 9.17) is 0 Å². The molecule has 0 radical (unpaired) electrons. The van der Waals surface area contributed by atoms with Crippen molar-refractivity contribution in [3.63, 3.8) is 0 Å². The van der Waals surface area contributed by atoms with Gasteiger partial charge >= 0.3 is 6.18 Å². The van der Waals surface area contributed by atoms with Gasteiger partial charge in [0.05, 0.1) is 21.8 Å². The van der Waals surface area contributed by atoms with Crippen molar-refractivity contribution in [2.75, 3.05) is 5.75 Å². The molecule has 0 aliphatic carbocycles. The summed E-state index contributed by atoms with van der Waals surface area (Å²) in [7, 11) is -4.14. The Kier molecular flexibility index (Phi) is 4.93. The summed E-state index contributed by atoms with van der Waals surface area (Å²) in [5.41, 5.74) is -2.46. The van der Waals surface area contributed by atoms with Crippen LogP contribution in [0.5, 0.6) is 0 Å². The maximum atomic E-state index is 12.9. The topological polar surface area (TPSA) is 54.4 Å². The summed E-state index contributed by atoms with van der Waals surface area (Å²) in [6, 6.07) is 2.79. The van der Waals surface area contributed by atoms with E-state index in [1.54, 1.807) is 0 Å². The Bertz CT molecular complexity index is 589. The average Bonchev–Trinajstić information content (AvgIpc) is 2.24. The second-order valence-electron chi connectivity index (χ2n) is 5.02. The highest BCUT2D eigenvalue weighted by atomic mass is 79.9. The molecule has 0 heterocycles. The van der Waals surface area contributed by atoms with Crippen molar-refractivity contribution in [2.45, 2.75) is 36.9 Å². The number of benzene rings is 1. The maximum Gasteiger partial charge on any atom is 0.417 e. The molecule has 1 N–H and O–H groups in total. The Morgan fingerprint density at radius 3 is 2.25 bits per heavy atom. The van der Waals surface area contributed by atoms with E-state index in [0.717, 1.165) is 18.2 Å². The first-order chi connectivity index (χ1) is 8.83. The van der Waals surface area contributed by atoms with E-state index >= 15 is 0 Å². The summed E-state index contributed by atoms with van der Waals surface area (Å²) in [4.78, 5) is -0.774. The van der Waals surface area contributed by atoms with E-state index < -0.39 is 37.8 Å². The van der Waals surface area contributed by atoms with Gasteiger partial charge in [0, 0.05) is 4.47 Å². The standard InChI is InChI=1S/C12H14BrF3O3S/c1-11(2,17)5-6-20(18,19)10-7-8(13)3-4-9(10)12(14,15)16/h3-4,7,17H,5-6H2,1-2H3. The van der Waals surface area contributed by atoms with Crippen molar-refractivity contribution in [3.05, 3.63) is 28.2 Å². The van der Waals surface area contributed by atoms with Crippen molar-refractivity contribution in [3.8, 4) is 0 Å². The van der Waals surface area contributed by atoms with E-state index in [0.29, 0.717) is 0 Å². The van der Waals surface area contributed by atoms with Gasteiger partial charge in [0.25, 0.3) is 0 Å². The summed E-state index contributed by atoms with van der Waals surface area (Å²) in [5, 5.41) is 9.52. The van der Waals surface area contributed by atoms with E-state index in [1.807, 2.05) is 0 Å². The summed E-state index contributed by atoms with van der Waals surface area (Å²) >= 11 is 2.96. The Labute approximate surface area is 123 Å². The van der Waals surface area contributed by atoms with Gasteiger partial charge in [-0.15, -0.1) is 0 Å². The third-order valence-electron chi connectivity index (χ3n) is 2.57. The average molecular weight is 375 g/mol. The van der Waals surface area contributed by atoms with Gasteiger partial charge in [-0.3, -0.25) is 0 Å². The molecule has 0 atom stereocenters. The summed E-state index contributed by atoms with van der Waals surface area (Å²) < 4.78 is 62.9. The minimum atomic E-state index is -4.75. The van der Waals surface area contributed by atoms with E-state index in [2.05, 4.69) is 15.9 Å². The largest absolute Gasteiger partial charge is 0.417 e. The van der Waals surface area contributed by atoms with Gasteiger partial charge < -0.3 is 5.11 Å². The lowest BCUT2D eigenvalue weighted by Crippen LogP contribution is -2.24. The highest BCUT2D eigenvalue weighted by Gasteiger charge is 2.37. The van der Waals surface area contributed by atoms with Gasteiger partial charge in [-0.2, -0.15) is 13.2 Å². The van der Waals surface area contributed by atoms with Crippen LogP contribution in [0.1, 0.15) is 25.8 Å². The van der Waals surface area contributed by atoms with Crippen LogP contribution in [0.2, 0.25) is 0 Å². The second-order valence-corrected chi connectivity index (χ2v) is 8.01. The number of alkyl halides is 3. The van der Waals surface area contributed by atoms with Crippen LogP contribution in [0, 0.1) is 0 Å². The molecule has 20 heavy (non-hydrogen) atoms. The van der Waals surface area contributed by atoms with Crippen LogP contribution < -0.4 is 0 Å². The fourth-order valence-corrected chi connectivity index (χ4v) is 3.81. The maximum absolute atomic E-state index is 12.9. The highest BCUT2D eigenvalue weighted by molar-refractivity contribution is 9.10. The lowest BCUT2D eigenvalue weighted by Gasteiger charge is -2.18. The molecular formula is C12H14BrF3O3S. The Morgan fingerprint density at radius 2 is 1.80 bits per heavy atom. The van der Waals surface area contributed by atoms with Crippen molar-refractivity contribution < 1.29 is 26.7 Å². The van der Waals surface area contributed by atoms with Crippen LogP contribution in [0.3, 0.4) is 0 Å². The first-order valence-corrected chi connectivity index (χ1v) is 8.09. The van der Waals surface area contributed by atoms with Crippen molar-refractivity contribution in [1.82, 2.24) is 0 Å². The number of rotatable bonds is 4. The number of halogens is 4. The molecule has 114 valence electrons. The molecule has 0 saturated heterocycles. The molecule has 0 aromatic heterocycles. The molecular weight excluding hydrogens is 361 g/mol. The molecule has 0 unspecified atom stereocenters. The quantitative estimate of drug-likeness (QED) is 0.878. The molecule has 0 aliphatic heterocycles. The molecule has 1 aromatic carbocycles. The van der Waals surface area contributed by atoms with Crippen molar-refractivity contribution in [2.24, 2.45) is 0 Å².